The first-order valence-corrected chi connectivity index (χ1v) is 10.1. The number of amides is 1. The molecule has 0 aromatic heterocycles. The van der Waals surface area contributed by atoms with E-state index in [9.17, 15) is 13.2 Å². The molecule has 1 aliphatic rings. The van der Waals surface area contributed by atoms with Gasteiger partial charge in [0, 0.05) is 18.1 Å². The number of sulfone groups is 1. The monoisotopic (exact) mass is 357 g/mol. The van der Waals surface area contributed by atoms with Crippen molar-refractivity contribution < 1.29 is 13.2 Å². The van der Waals surface area contributed by atoms with Crippen LogP contribution in [-0.2, 0) is 21.1 Å². The molecule has 1 heterocycles. The standard InChI is InChI=1S/C17H24ClNO3S/c1-13(2)12-23(21,22)15-7-5-9-19(11-15)17(20)10-14-6-3-4-8-16(14)18/h3-4,6,8,13,15H,5,7,9-12H2,1-2H3/t15-/m0/s1. The Morgan fingerprint density at radius 3 is 2.70 bits per heavy atom. The summed E-state index contributed by atoms with van der Waals surface area (Å²) < 4.78 is 24.8. The summed E-state index contributed by atoms with van der Waals surface area (Å²) >= 11 is 6.10. The van der Waals surface area contributed by atoms with Gasteiger partial charge in [0.15, 0.2) is 9.84 Å². The van der Waals surface area contributed by atoms with Gasteiger partial charge in [-0.3, -0.25) is 4.79 Å². The molecule has 1 atom stereocenters. The summed E-state index contributed by atoms with van der Waals surface area (Å²) in [7, 11) is -3.15. The quantitative estimate of drug-likeness (QED) is 0.814. The lowest BCUT2D eigenvalue weighted by atomic mass is 10.1. The number of halogens is 1. The highest BCUT2D eigenvalue weighted by molar-refractivity contribution is 7.92. The average Bonchev–Trinajstić information content (AvgIpc) is 2.48. The van der Waals surface area contributed by atoms with Crippen molar-refractivity contribution in [2.75, 3.05) is 18.8 Å². The van der Waals surface area contributed by atoms with E-state index in [-0.39, 0.29) is 24.0 Å². The first-order chi connectivity index (χ1) is 10.8. The van der Waals surface area contributed by atoms with E-state index in [0.717, 1.165) is 12.0 Å². The molecule has 1 aromatic carbocycles. The van der Waals surface area contributed by atoms with Gasteiger partial charge in [0.1, 0.15) is 0 Å². The van der Waals surface area contributed by atoms with Gasteiger partial charge >= 0.3 is 0 Å². The van der Waals surface area contributed by atoms with Crippen LogP contribution < -0.4 is 0 Å². The van der Waals surface area contributed by atoms with Crippen LogP contribution in [0.15, 0.2) is 24.3 Å². The Hall–Kier alpha value is -1.07. The molecule has 0 bridgehead atoms. The van der Waals surface area contributed by atoms with Crippen molar-refractivity contribution >= 4 is 27.3 Å². The second-order valence-electron chi connectivity index (χ2n) is 6.60. The molecule has 0 N–H and O–H groups in total. The minimum Gasteiger partial charge on any atom is -0.341 e. The third-order valence-corrected chi connectivity index (χ3v) is 7.00. The third-order valence-electron chi connectivity index (χ3n) is 4.10. The highest BCUT2D eigenvalue weighted by Crippen LogP contribution is 2.22. The fraction of sp³-hybridized carbons (Fsp3) is 0.588. The first-order valence-electron chi connectivity index (χ1n) is 8.02. The Bertz CT molecular complexity index is 658. The highest BCUT2D eigenvalue weighted by atomic mass is 35.5. The predicted octanol–water partition coefficient (Wildman–Crippen LogP) is 2.94. The molecule has 1 amide bonds. The van der Waals surface area contributed by atoms with Gasteiger partial charge in [-0.05, 0) is 30.4 Å². The number of piperidine rings is 1. The lowest BCUT2D eigenvalue weighted by molar-refractivity contribution is -0.131. The summed E-state index contributed by atoms with van der Waals surface area (Å²) in [5, 5.41) is 0.135. The molecule has 6 heteroatoms. The molecule has 0 spiro atoms. The van der Waals surface area contributed by atoms with E-state index in [0.29, 0.717) is 24.5 Å². The molecule has 0 aliphatic carbocycles. The summed E-state index contributed by atoms with van der Waals surface area (Å²) in [6.07, 6.45) is 1.60. The van der Waals surface area contributed by atoms with Gasteiger partial charge in [-0.15, -0.1) is 0 Å². The fourth-order valence-corrected chi connectivity index (χ4v) is 5.31. The lowest BCUT2D eigenvalue weighted by Crippen LogP contribution is -2.46. The Balaban J connectivity index is 2.03. The molecule has 0 saturated carbocycles. The van der Waals surface area contributed by atoms with Crippen molar-refractivity contribution in [1.29, 1.82) is 0 Å². The van der Waals surface area contributed by atoms with E-state index in [1.165, 1.54) is 0 Å². The maximum atomic E-state index is 12.5. The molecule has 1 aliphatic heterocycles. The van der Waals surface area contributed by atoms with Gasteiger partial charge in [-0.2, -0.15) is 0 Å². The molecule has 4 nitrogen and oxygen atoms in total. The normalized spacial score (nSPS) is 19.1. The highest BCUT2D eigenvalue weighted by Gasteiger charge is 2.32. The summed E-state index contributed by atoms with van der Waals surface area (Å²) in [4.78, 5) is 14.2. The molecule has 1 aromatic rings. The summed E-state index contributed by atoms with van der Waals surface area (Å²) in [6, 6.07) is 7.26. The number of carbonyl (C=O) groups excluding carboxylic acids is 1. The molecule has 2 rings (SSSR count). The van der Waals surface area contributed by atoms with E-state index in [1.807, 2.05) is 32.0 Å². The number of likely N-dealkylation sites (tertiary alicyclic amines) is 1. The molecule has 1 saturated heterocycles. The molecular weight excluding hydrogens is 334 g/mol. The Morgan fingerprint density at radius 2 is 2.04 bits per heavy atom. The molecular formula is C17H24ClNO3S. The maximum Gasteiger partial charge on any atom is 0.227 e. The van der Waals surface area contributed by atoms with Crippen LogP contribution in [0.25, 0.3) is 0 Å². The summed E-state index contributed by atoms with van der Waals surface area (Å²) in [5.74, 6) is 0.237. The van der Waals surface area contributed by atoms with Crippen molar-refractivity contribution in [2.45, 2.75) is 38.4 Å². The van der Waals surface area contributed by atoms with Crippen LogP contribution in [0.5, 0.6) is 0 Å². The van der Waals surface area contributed by atoms with E-state index in [1.54, 1.807) is 11.0 Å². The van der Waals surface area contributed by atoms with E-state index in [4.69, 9.17) is 11.6 Å². The van der Waals surface area contributed by atoms with Crippen molar-refractivity contribution in [2.24, 2.45) is 5.92 Å². The van der Waals surface area contributed by atoms with Gasteiger partial charge in [-0.1, -0.05) is 43.6 Å². The predicted molar refractivity (Wildman–Crippen MR) is 93.4 cm³/mol. The molecule has 0 radical (unpaired) electrons. The van der Waals surface area contributed by atoms with Crippen LogP contribution in [0.4, 0.5) is 0 Å². The summed E-state index contributed by atoms with van der Waals surface area (Å²) in [6.45, 7) is 4.73. The van der Waals surface area contributed by atoms with Crippen molar-refractivity contribution in [3.8, 4) is 0 Å². The van der Waals surface area contributed by atoms with Gasteiger partial charge in [0.25, 0.3) is 0 Å². The Morgan fingerprint density at radius 1 is 1.35 bits per heavy atom. The average molecular weight is 358 g/mol. The fourth-order valence-electron chi connectivity index (χ4n) is 2.98. The van der Waals surface area contributed by atoms with Gasteiger partial charge in [0.05, 0.1) is 17.4 Å². The zero-order chi connectivity index (χ0) is 17.0. The maximum absolute atomic E-state index is 12.5. The SMILES string of the molecule is CC(C)CS(=O)(=O)[C@H]1CCCN(C(=O)Cc2ccccc2Cl)C1. The van der Waals surface area contributed by atoms with E-state index < -0.39 is 15.1 Å². The second kappa shape index (κ2) is 7.67. The number of carbonyl (C=O) groups is 1. The minimum atomic E-state index is -3.15. The molecule has 0 unspecified atom stereocenters. The van der Waals surface area contributed by atoms with E-state index in [2.05, 4.69) is 0 Å². The topological polar surface area (TPSA) is 54.5 Å². The molecule has 23 heavy (non-hydrogen) atoms. The molecule has 128 valence electrons. The van der Waals surface area contributed by atoms with Crippen LogP contribution >= 0.6 is 11.6 Å². The number of benzene rings is 1. The third kappa shape index (κ3) is 4.95. The van der Waals surface area contributed by atoms with Crippen LogP contribution in [0.2, 0.25) is 5.02 Å². The lowest BCUT2D eigenvalue weighted by Gasteiger charge is -2.33. The summed E-state index contributed by atoms with van der Waals surface area (Å²) in [5.41, 5.74) is 0.784. The number of hydrogen-bond acceptors (Lipinski definition) is 3. The van der Waals surface area contributed by atoms with Crippen LogP contribution in [-0.4, -0.2) is 43.3 Å². The second-order valence-corrected chi connectivity index (χ2v) is 9.33. The van der Waals surface area contributed by atoms with Crippen LogP contribution in [0, 0.1) is 5.92 Å². The Labute approximate surface area is 143 Å². The van der Waals surface area contributed by atoms with Crippen molar-refractivity contribution in [1.82, 2.24) is 4.90 Å². The zero-order valence-electron chi connectivity index (χ0n) is 13.7. The zero-order valence-corrected chi connectivity index (χ0v) is 15.2. The number of nitrogens with zero attached hydrogens (tertiary/aromatic N) is 1. The van der Waals surface area contributed by atoms with Gasteiger partial charge in [-0.25, -0.2) is 8.42 Å². The first kappa shape index (κ1) is 18.3. The number of hydrogen-bond donors (Lipinski definition) is 0. The number of rotatable bonds is 5. The minimum absolute atomic E-state index is 0.0532. The Kier molecular flexibility index (Phi) is 6.09. The largest absolute Gasteiger partial charge is 0.341 e. The van der Waals surface area contributed by atoms with Gasteiger partial charge < -0.3 is 4.90 Å². The van der Waals surface area contributed by atoms with Gasteiger partial charge in [0.2, 0.25) is 5.91 Å². The van der Waals surface area contributed by atoms with Crippen LogP contribution in [0.1, 0.15) is 32.3 Å². The van der Waals surface area contributed by atoms with Crippen molar-refractivity contribution in [3.05, 3.63) is 34.9 Å². The molecule has 1 fully saturated rings. The van der Waals surface area contributed by atoms with Crippen LogP contribution in [0.3, 0.4) is 0 Å². The smallest absolute Gasteiger partial charge is 0.227 e. The van der Waals surface area contributed by atoms with Crippen molar-refractivity contribution in [3.63, 3.8) is 0 Å². The van der Waals surface area contributed by atoms with E-state index >= 15 is 0 Å².